The largest absolute Gasteiger partial charge is 0.352 e. The molecule has 3 rings (SSSR count). The molecular weight excluding hydrogens is 498 g/mol. The van der Waals surface area contributed by atoms with E-state index in [1.807, 2.05) is 51.1 Å². The first-order chi connectivity index (χ1) is 18.1. The molecule has 0 saturated carbocycles. The van der Waals surface area contributed by atoms with Crippen LogP contribution >= 0.6 is 0 Å². The highest BCUT2D eigenvalue weighted by atomic mass is 32.2. The number of nitrogens with zero attached hydrogens (tertiary/aromatic N) is 2. The van der Waals surface area contributed by atoms with Crippen LogP contribution in [-0.2, 0) is 26.2 Å². The number of carbonyl (C=O) groups is 2. The molecule has 0 aliphatic carbocycles. The maximum absolute atomic E-state index is 14.0. The molecule has 2 atom stereocenters. The molecule has 38 heavy (non-hydrogen) atoms. The number of rotatable bonds is 11. The molecule has 0 heterocycles. The lowest BCUT2D eigenvalue weighted by Crippen LogP contribution is -2.52. The van der Waals surface area contributed by atoms with Crippen molar-refractivity contribution in [3.8, 4) is 0 Å². The van der Waals surface area contributed by atoms with Gasteiger partial charge in [0.15, 0.2) is 0 Å². The number of carbonyl (C=O) groups excluding carboxylic acids is 2. The molecule has 0 aromatic heterocycles. The van der Waals surface area contributed by atoms with E-state index in [0.717, 1.165) is 21.9 Å². The van der Waals surface area contributed by atoms with Crippen LogP contribution in [-0.4, -0.2) is 43.8 Å². The number of aryl methyl sites for hydroxylation is 2. The topological polar surface area (TPSA) is 86.8 Å². The first-order valence-corrected chi connectivity index (χ1v) is 14.3. The summed E-state index contributed by atoms with van der Waals surface area (Å²) in [6, 6.07) is 21.9. The van der Waals surface area contributed by atoms with E-state index in [0.29, 0.717) is 11.3 Å². The van der Waals surface area contributed by atoms with Crippen molar-refractivity contribution < 1.29 is 18.0 Å². The zero-order valence-corrected chi connectivity index (χ0v) is 23.5. The molecule has 3 aromatic carbocycles. The summed E-state index contributed by atoms with van der Waals surface area (Å²) in [6.45, 7) is 9.03. The van der Waals surface area contributed by atoms with E-state index in [4.69, 9.17) is 0 Å². The van der Waals surface area contributed by atoms with Crippen LogP contribution in [0.5, 0.6) is 0 Å². The fourth-order valence-corrected chi connectivity index (χ4v) is 5.60. The fourth-order valence-electron chi connectivity index (χ4n) is 4.10. The van der Waals surface area contributed by atoms with Gasteiger partial charge in [-0.25, -0.2) is 8.42 Å². The average Bonchev–Trinajstić information content (AvgIpc) is 2.91. The molecular formula is C30H37N3O4S. The van der Waals surface area contributed by atoms with Gasteiger partial charge in [0, 0.05) is 12.6 Å². The summed E-state index contributed by atoms with van der Waals surface area (Å²) in [5.74, 6) is -0.752. The number of benzene rings is 3. The maximum atomic E-state index is 14.0. The van der Waals surface area contributed by atoms with Crippen molar-refractivity contribution in [1.29, 1.82) is 0 Å². The highest BCUT2D eigenvalue weighted by Crippen LogP contribution is 2.27. The Balaban J connectivity index is 2.04. The SMILES string of the molecule is CC[C@@H](C)NC(=O)[C@@H](C)N(Cc1ccccc1C)C(=O)CN(c1ccccc1C)S(=O)(=O)c1ccccc1. The minimum atomic E-state index is -4.07. The molecule has 0 saturated heterocycles. The van der Waals surface area contributed by atoms with Crippen molar-refractivity contribution in [2.24, 2.45) is 0 Å². The smallest absolute Gasteiger partial charge is 0.264 e. The van der Waals surface area contributed by atoms with Crippen molar-refractivity contribution in [2.45, 2.75) is 64.6 Å². The summed E-state index contributed by atoms with van der Waals surface area (Å²) in [4.78, 5) is 28.6. The van der Waals surface area contributed by atoms with Crippen LogP contribution in [0.2, 0.25) is 0 Å². The van der Waals surface area contributed by atoms with Crippen LogP contribution < -0.4 is 9.62 Å². The molecule has 0 aliphatic rings. The summed E-state index contributed by atoms with van der Waals surface area (Å²) < 4.78 is 28.8. The Morgan fingerprint density at radius 1 is 0.842 bits per heavy atom. The molecule has 0 fully saturated rings. The van der Waals surface area contributed by atoms with Gasteiger partial charge in [-0.05, 0) is 69.0 Å². The summed E-state index contributed by atoms with van der Waals surface area (Å²) in [7, 11) is -4.07. The third kappa shape index (κ3) is 6.81. The van der Waals surface area contributed by atoms with Crippen LogP contribution in [0.1, 0.15) is 43.9 Å². The van der Waals surface area contributed by atoms with Crippen molar-refractivity contribution in [3.05, 3.63) is 95.6 Å². The molecule has 2 amide bonds. The number of hydrogen-bond donors (Lipinski definition) is 1. The number of hydrogen-bond acceptors (Lipinski definition) is 4. The van der Waals surface area contributed by atoms with Crippen LogP contribution in [0.15, 0.2) is 83.8 Å². The van der Waals surface area contributed by atoms with Crippen molar-refractivity contribution >= 4 is 27.5 Å². The Morgan fingerprint density at radius 2 is 1.42 bits per heavy atom. The minimum Gasteiger partial charge on any atom is -0.352 e. The molecule has 202 valence electrons. The Hall–Kier alpha value is -3.65. The van der Waals surface area contributed by atoms with E-state index in [2.05, 4.69) is 5.32 Å². The van der Waals surface area contributed by atoms with Crippen molar-refractivity contribution in [1.82, 2.24) is 10.2 Å². The lowest BCUT2D eigenvalue weighted by Gasteiger charge is -2.33. The van der Waals surface area contributed by atoms with Crippen molar-refractivity contribution in [3.63, 3.8) is 0 Å². The normalized spacial score (nSPS) is 12.9. The monoisotopic (exact) mass is 535 g/mol. The van der Waals surface area contributed by atoms with Gasteiger partial charge >= 0.3 is 0 Å². The highest BCUT2D eigenvalue weighted by molar-refractivity contribution is 7.92. The van der Waals surface area contributed by atoms with E-state index in [1.165, 1.54) is 17.0 Å². The standard InChI is InChI=1S/C30H37N3O4S/c1-6-24(4)31-30(35)25(5)32(20-26-16-12-10-14-22(26)2)29(34)21-33(28-19-13-11-15-23(28)3)38(36,37)27-17-8-7-9-18-27/h7-19,24-25H,6,20-21H2,1-5H3,(H,31,35)/t24-,25-/m1/s1. The van der Waals surface area contributed by atoms with E-state index < -0.39 is 28.5 Å². The Morgan fingerprint density at radius 3 is 2.03 bits per heavy atom. The molecule has 0 bridgehead atoms. The maximum Gasteiger partial charge on any atom is 0.264 e. The quantitative estimate of drug-likeness (QED) is 0.381. The molecule has 7 nitrogen and oxygen atoms in total. The Kier molecular flexibility index (Phi) is 9.69. The predicted octanol–water partition coefficient (Wildman–Crippen LogP) is 4.83. The first-order valence-electron chi connectivity index (χ1n) is 12.8. The van der Waals surface area contributed by atoms with Gasteiger partial charge in [-0.15, -0.1) is 0 Å². The zero-order valence-electron chi connectivity index (χ0n) is 22.7. The number of para-hydroxylation sites is 1. The van der Waals surface area contributed by atoms with Crippen molar-refractivity contribution in [2.75, 3.05) is 10.8 Å². The van der Waals surface area contributed by atoms with Gasteiger partial charge in [-0.2, -0.15) is 0 Å². The van der Waals surface area contributed by atoms with Gasteiger partial charge in [0.1, 0.15) is 12.6 Å². The molecule has 0 spiro atoms. The molecule has 3 aromatic rings. The second-order valence-corrected chi connectivity index (χ2v) is 11.4. The van der Waals surface area contributed by atoms with E-state index in [9.17, 15) is 18.0 Å². The number of nitrogens with one attached hydrogen (secondary N) is 1. The highest BCUT2D eigenvalue weighted by Gasteiger charge is 2.33. The summed E-state index contributed by atoms with van der Waals surface area (Å²) >= 11 is 0. The average molecular weight is 536 g/mol. The summed E-state index contributed by atoms with van der Waals surface area (Å²) in [6.07, 6.45) is 0.751. The van der Waals surface area contributed by atoms with E-state index in [1.54, 1.807) is 50.2 Å². The van der Waals surface area contributed by atoms with Crippen LogP contribution in [0.4, 0.5) is 5.69 Å². The third-order valence-electron chi connectivity index (χ3n) is 6.76. The molecule has 8 heteroatoms. The van der Waals surface area contributed by atoms with E-state index >= 15 is 0 Å². The van der Waals surface area contributed by atoms with Gasteiger partial charge in [-0.1, -0.05) is 67.6 Å². The molecule has 0 unspecified atom stereocenters. The molecule has 0 aliphatic heterocycles. The molecule has 1 N–H and O–H groups in total. The van der Waals surface area contributed by atoms with Gasteiger partial charge in [0.05, 0.1) is 10.6 Å². The minimum absolute atomic E-state index is 0.0534. The number of sulfonamides is 1. The lowest BCUT2D eigenvalue weighted by atomic mass is 10.1. The Bertz CT molecular complexity index is 1360. The first kappa shape index (κ1) is 28.9. The van der Waals surface area contributed by atoms with Crippen LogP contribution in [0.25, 0.3) is 0 Å². The summed E-state index contributed by atoms with van der Waals surface area (Å²) in [5.41, 5.74) is 3.00. The van der Waals surface area contributed by atoms with Gasteiger partial charge < -0.3 is 10.2 Å². The lowest BCUT2D eigenvalue weighted by molar-refractivity contribution is -0.139. The van der Waals surface area contributed by atoms with Gasteiger partial charge in [0.25, 0.3) is 10.0 Å². The second kappa shape index (κ2) is 12.7. The number of amides is 2. The van der Waals surface area contributed by atoms with Crippen LogP contribution in [0, 0.1) is 13.8 Å². The van der Waals surface area contributed by atoms with Gasteiger partial charge in [0.2, 0.25) is 11.8 Å². The van der Waals surface area contributed by atoms with Crippen LogP contribution in [0.3, 0.4) is 0 Å². The number of anilines is 1. The fraction of sp³-hybridized carbons (Fsp3) is 0.333. The Labute approximate surface area is 226 Å². The molecule has 0 radical (unpaired) electrons. The van der Waals surface area contributed by atoms with Gasteiger partial charge in [-0.3, -0.25) is 13.9 Å². The second-order valence-electron chi connectivity index (χ2n) is 9.55. The predicted molar refractivity (Wildman–Crippen MR) is 151 cm³/mol. The zero-order chi connectivity index (χ0) is 27.9. The third-order valence-corrected chi connectivity index (χ3v) is 8.54. The summed E-state index contributed by atoms with van der Waals surface area (Å²) in [5, 5.41) is 2.95. The van der Waals surface area contributed by atoms with E-state index in [-0.39, 0.29) is 23.4 Å².